The largest absolute Gasteiger partial charge is 0.225 e. The zero-order valence-electron chi connectivity index (χ0n) is 10.5. The van der Waals surface area contributed by atoms with Crippen LogP contribution in [-0.4, -0.2) is 20.2 Å². The van der Waals surface area contributed by atoms with Gasteiger partial charge in [-0.05, 0) is 34.0 Å². The monoisotopic (exact) mass is 241 g/mol. The molecule has 1 aromatic heterocycles. The molecule has 0 bridgehead atoms. The molecule has 0 atom stereocenters. The van der Waals surface area contributed by atoms with E-state index in [2.05, 4.69) is 35.4 Å². The van der Waals surface area contributed by atoms with Crippen LogP contribution in [0.5, 0.6) is 0 Å². The van der Waals surface area contributed by atoms with Crippen molar-refractivity contribution < 1.29 is 0 Å². The van der Waals surface area contributed by atoms with E-state index in [1.54, 1.807) is 10.7 Å². The highest BCUT2D eigenvalue weighted by Gasteiger charge is 2.08. The third-order valence-corrected chi connectivity index (χ3v) is 2.59. The van der Waals surface area contributed by atoms with Gasteiger partial charge in [0, 0.05) is 6.42 Å². The molecule has 0 spiro atoms. The molecule has 0 aliphatic rings. The van der Waals surface area contributed by atoms with Crippen LogP contribution >= 0.6 is 0 Å². The molecular weight excluding hydrogens is 226 g/mol. The van der Waals surface area contributed by atoms with Crippen LogP contribution < -0.4 is 0 Å². The first-order valence-electron chi connectivity index (χ1n) is 5.93. The Morgan fingerprint density at radius 3 is 2.94 bits per heavy atom. The van der Waals surface area contributed by atoms with Gasteiger partial charge >= 0.3 is 0 Å². The second kappa shape index (κ2) is 5.41. The minimum atomic E-state index is 0.514. The molecule has 18 heavy (non-hydrogen) atoms. The smallest absolute Gasteiger partial charge is 0.151 e. The molecule has 0 aliphatic heterocycles. The third kappa shape index (κ3) is 2.92. The van der Waals surface area contributed by atoms with Crippen LogP contribution in [-0.2, 0) is 13.0 Å². The molecule has 0 radical (unpaired) electrons. The van der Waals surface area contributed by atoms with Crippen molar-refractivity contribution in [3.05, 3.63) is 41.2 Å². The molecule has 1 aromatic carbocycles. The maximum Gasteiger partial charge on any atom is 0.151 e. The van der Waals surface area contributed by atoms with Gasteiger partial charge in [0.05, 0.1) is 18.2 Å². The van der Waals surface area contributed by atoms with E-state index in [9.17, 15) is 0 Å². The van der Waals surface area contributed by atoms with Crippen LogP contribution in [0.15, 0.2) is 24.3 Å². The fourth-order valence-corrected chi connectivity index (χ4v) is 1.77. The molecule has 5 heteroatoms. The molecule has 0 N–H and O–H groups in total. The molecule has 0 amide bonds. The van der Waals surface area contributed by atoms with Crippen LogP contribution in [0, 0.1) is 17.2 Å². The van der Waals surface area contributed by atoms with Crippen LogP contribution in [0.4, 0.5) is 0 Å². The number of hydrogen-bond acceptors (Lipinski definition) is 4. The van der Waals surface area contributed by atoms with Crippen molar-refractivity contribution in [2.75, 3.05) is 0 Å². The van der Waals surface area contributed by atoms with Gasteiger partial charge < -0.3 is 0 Å². The number of tetrazole rings is 1. The molecule has 92 valence electrons. The van der Waals surface area contributed by atoms with E-state index in [4.69, 9.17) is 5.26 Å². The van der Waals surface area contributed by atoms with E-state index in [-0.39, 0.29) is 0 Å². The van der Waals surface area contributed by atoms with Gasteiger partial charge in [-0.15, -0.1) is 5.10 Å². The number of benzene rings is 1. The first-order chi connectivity index (χ1) is 8.69. The summed E-state index contributed by atoms with van der Waals surface area (Å²) in [6, 6.07) is 9.63. The first-order valence-corrected chi connectivity index (χ1v) is 5.93. The maximum absolute atomic E-state index is 8.86. The lowest BCUT2D eigenvalue weighted by atomic mass is 10.1. The molecule has 0 aliphatic carbocycles. The van der Waals surface area contributed by atoms with Crippen molar-refractivity contribution in [2.45, 2.75) is 26.8 Å². The molecule has 1 heterocycles. The summed E-state index contributed by atoms with van der Waals surface area (Å²) < 4.78 is 1.79. The minimum absolute atomic E-state index is 0.514. The van der Waals surface area contributed by atoms with Gasteiger partial charge in [0.2, 0.25) is 0 Å². The van der Waals surface area contributed by atoms with Crippen LogP contribution in [0.2, 0.25) is 0 Å². The number of hydrogen-bond donors (Lipinski definition) is 0. The Morgan fingerprint density at radius 1 is 1.39 bits per heavy atom. The molecule has 0 saturated carbocycles. The third-order valence-electron chi connectivity index (χ3n) is 2.59. The summed E-state index contributed by atoms with van der Waals surface area (Å²) in [7, 11) is 0. The molecule has 5 nitrogen and oxygen atoms in total. The number of nitriles is 1. The Morgan fingerprint density at radius 2 is 2.22 bits per heavy atom. The molecule has 2 rings (SSSR count). The Balaban J connectivity index is 2.18. The fraction of sp³-hybridized carbons (Fsp3) is 0.385. The zero-order valence-corrected chi connectivity index (χ0v) is 10.5. The quantitative estimate of drug-likeness (QED) is 0.818. The van der Waals surface area contributed by atoms with Crippen LogP contribution in [0.3, 0.4) is 0 Å². The summed E-state index contributed by atoms with van der Waals surface area (Å²) in [6.45, 7) is 4.87. The van der Waals surface area contributed by atoms with E-state index >= 15 is 0 Å². The van der Waals surface area contributed by atoms with Gasteiger partial charge in [-0.3, -0.25) is 0 Å². The summed E-state index contributed by atoms with van der Waals surface area (Å²) in [4.78, 5) is 0. The summed E-state index contributed by atoms with van der Waals surface area (Å²) in [6.07, 6.45) is 0.852. The standard InChI is InChI=1S/C13H15N5/c1-10(2)6-13-15-16-17-18(13)9-12-5-3-4-11(7-12)8-14/h3-5,7,10H,6,9H2,1-2H3. The normalized spacial score (nSPS) is 10.6. The SMILES string of the molecule is CC(C)Cc1nnnn1Cc1cccc(C#N)c1. The molecular formula is C13H15N5. The number of aromatic nitrogens is 4. The maximum atomic E-state index is 8.86. The van der Waals surface area contributed by atoms with Gasteiger partial charge in [-0.2, -0.15) is 5.26 Å². The van der Waals surface area contributed by atoms with Crippen molar-refractivity contribution in [3.63, 3.8) is 0 Å². The van der Waals surface area contributed by atoms with Crippen LogP contribution in [0.25, 0.3) is 0 Å². The molecule has 0 fully saturated rings. The van der Waals surface area contributed by atoms with Crippen molar-refractivity contribution in [3.8, 4) is 6.07 Å². The number of rotatable bonds is 4. The highest BCUT2D eigenvalue weighted by molar-refractivity contribution is 5.32. The minimum Gasteiger partial charge on any atom is -0.225 e. The first kappa shape index (κ1) is 12.2. The topological polar surface area (TPSA) is 67.4 Å². The van der Waals surface area contributed by atoms with Crippen molar-refractivity contribution in [1.29, 1.82) is 5.26 Å². The highest BCUT2D eigenvalue weighted by Crippen LogP contribution is 2.09. The van der Waals surface area contributed by atoms with Gasteiger partial charge in [-0.25, -0.2) is 4.68 Å². The summed E-state index contributed by atoms with van der Waals surface area (Å²) in [5, 5.41) is 20.6. The van der Waals surface area contributed by atoms with Crippen molar-refractivity contribution >= 4 is 0 Å². The molecule has 2 aromatic rings. The summed E-state index contributed by atoms with van der Waals surface area (Å²) >= 11 is 0. The van der Waals surface area contributed by atoms with Gasteiger partial charge in [-0.1, -0.05) is 26.0 Å². The predicted octanol–water partition coefficient (Wildman–Crippen LogP) is 1.79. The lowest BCUT2D eigenvalue weighted by Gasteiger charge is -2.06. The second-order valence-corrected chi connectivity index (χ2v) is 4.66. The summed E-state index contributed by atoms with van der Waals surface area (Å²) in [5.41, 5.74) is 1.69. The molecule has 0 saturated heterocycles. The Bertz CT molecular complexity index is 565. The van der Waals surface area contributed by atoms with E-state index < -0.39 is 0 Å². The summed E-state index contributed by atoms with van der Waals surface area (Å²) in [5.74, 6) is 1.40. The Hall–Kier alpha value is -2.22. The fourth-order valence-electron chi connectivity index (χ4n) is 1.77. The van der Waals surface area contributed by atoms with E-state index in [0.29, 0.717) is 18.0 Å². The zero-order chi connectivity index (χ0) is 13.0. The predicted molar refractivity (Wildman–Crippen MR) is 66.6 cm³/mol. The average molecular weight is 241 g/mol. The second-order valence-electron chi connectivity index (χ2n) is 4.66. The number of nitrogens with zero attached hydrogens (tertiary/aromatic N) is 5. The Kier molecular flexibility index (Phi) is 3.68. The van der Waals surface area contributed by atoms with Crippen LogP contribution in [0.1, 0.15) is 30.8 Å². The lowest BCUT2D eigenvalue weighted by Crippen LogP contribution is -2.09. The van der Waals surface area contributed by atoms with Crippen molar-refractivity contribution in [2.24, 2.45) is 5.92 Å². The highest BCUT2D eigenvalue weighted by atomic mass is 15.5. The van der Waals surface area contributed by atoms with Crippen molar-refractivity contribution in [1.82, 2.24) is 20.2 Å². The van der Waals surface area contributed by atoms with E-state index in [1.165, 1.54) is 0 Å². The van der Waals surface area contributed by atoms with E-state index in [1.807, 2.05) is 18.2 Å². The van der Waals surface area contributed by atoms with Gasteiger partial charge in [0.1, 0.15) is 0 Å². The van der Waals surface area contributed by atoms with Gasteiger partial charge in [0.25, 0.3) is 0 Å². The van der Waals surface area contributed by atoms with E-state index in [0.717, 1.165) is 17.8 Å². The lowest BCUT2D eigenvalue weighted by molar-refractivity contribution is 0.560. The Labute approximate surface area is 106 Å². The van der Waals surface area contributed by atoms with Gasteiger partial charge in [0.15, 0.2) is 5.82 Å². The average Bonchev–Trinajstić information content (AvgIpc) is 2.76. The molecule has 0 unspecified atom stereocenters.